The largest absolute Gasteiger partial charge is 0.497 e. The van der Waals surface area contributed by atoms with Crippen LogP contribution in [0.15, 0.2) is 82.6 Å². The first kappa shape index (κ1) is 25.6. The second-order valence-corrected chi connectivity index (χ2v) is 10.2. The Kier molecular flexibility index (Phi) is 8.95. The van der Waals surface area contributed by atoms with E-state index in [1.807, 2.05) is 30.5 Å². The number of benzene rings is 3. The Labute approximate surface area is 204 Å². The van der Waals surface area contributed by atoms with Crippen LogP contribution in [0.3, 0.4) is 0 Å². The lowest BCUT2D eigenvalue weighted by Gasteiger charge is -2.24. The Hall–Kier alpha value is -3.04. The number of carbonyl (C=O) groups is 1. The van der Waals surface area contributed by atoms with Gasteiger partial charge in [0.1, 0.15) is 18.1 Å². The zero-order chi connectivity index (χ0) is 24.6. The molecule has 0 radical (unpaired) electrons. The molecule has 3 rings (SSSR count). The van der Waals surface area contributed by atoms with Crippen LogP contribution in [0.4, 0.5) is 10.1 Å². The number of nitrogens with zero attached hydrogens (tertiary/aromatic N) is 1. The van der Waals surface area contributed by atoms with Crippen molar-refractivity contribution in [1.82, 2.24) is 5.32 Å². The van der Waals surface area contributed by atoms with Crippen LogP contribution in [-0.4, -0.2) is 40.8 Å². The molecule has 0 aliphatic heterocycles. The molecule has 6 nitrogen and oxygen atoms in total. The summed E-state index contributed by atoms with van der Waals surface area (Å²) in [6.07, 6.45) is 3.32. The zero-order valence-electron chi connectivity index (χ0n) is 19.0. The van der Waals surface area contributed by atoms with Gasteiger partial charge in [0.25, 0.3) is 10.0 Å². The van der Waals surface area contributed by atoms with Gasteiger partial charge >= 0.3 is 0 Å². The molecule has 0 aromatic heterocycles. The summed E-state index contributed by atoms with van der Waals surface area (Å²) in [4.78, 5) is 13.6. The zero-order valence-corrected chi connectivity index (χ0v) is 20.7. The van der Waals surface area contributed by atoms with Crippen molar-refractivity contribution in [2.75, 3.05) is 30.8 Å². The Bertz CT molecular complexity index is 1200. The van der Waals surface area contributed by atoms with Crippen LogP contribution in [-0.2, 0) is 21.2 Å². The topological polar surface area (TPSA) is 75.7 Å². The molecule has 0 aliphatic rings. The van der Waals surface area contributed by atoms with Gasteiger partial charge in [-0.1, -0.05) is 18.2 Å². The quantitative estimate of drug-likeness (QED) is 0.309. The number of thioether (sulfide) groups is 1. The predicted molar refractivity (Wildman–Crippen MR) is 133 cm³/mol. The van der Waals surface area contributed by atoms with E-state index in [0.717, 1.165) is 33.0 Å². The van der Waals surface area contributed by atoms with Crippen molar-refractivity contribution in [2.45, 2.75) is 22.6 Å². The number of hydrogen-bond acceptors (Lipinski definition) is 5. The summed E-state index contributed by atoms with van der Waals surface area (Å²) in [5, 5.41) is 2.77. The molecule has 0 aliphatic carbocycles. The van der Waals surface area contributed by atoms with Crippen LogP contribution in [0.2, 0.25) is 0 Å². The van der Waals surface area contributed by atoms with E-state index in [1.165, 1.54) is 42.1 Å². The molecule has 1 amide bonds. The third-order valence-corrected chi connectivity index (χ3v) is 7.69. The lowest BCUT2D eigenvalue weighted by molar-refractivity contribution is -0.119. The highest BCUT2D eigenvalue weighted by Crippen LogP contribution is 2.26. The Morgan fingerprint density at radius 3 is 2.38 bits per heavy atom. The molecule has 0 unspecified atom stereocenters. The highest BCUT2D eigenvalue weighted by Gasteiger charge is 2.27. The smallest absolute Gasteiger partial charge is 0.264 e. The molecule has 3 aromatic carbocycles. The molecule has 34 heavy (non-hydrogen) atoms. The highest BCUT2D eigenvalue weighted by molar-refractivity contribution is 7.98. The van der Waals surface area contributed by atoms with E-state index in [1.54, 1.807) is 19.2 Å². The summed E-state index contributed by atoms with van der Waals surface area (Å²) < 4.78 is 46.7. The summed E-state index contributed by atoms with van der Waals surface area (Å²) in [5.74, 6) is -0.280. The maximum atomic E-state index is 13.9. The van der Waals surface area contributed by atoms with Gasteiger partial charge in [-0.05, 0) is 79.3 Å². The third-order valence-electron chi connectivity index (χ3n) is 5.15. The van der Waals surface area contributed by atoms with Crippen LogP contribution in [0.1, 0.15) is 12.0 Å². The van der Waals surface area contributed by atoms with E-state index < -0.39 is 28.3 Å². The van der Waals surface area contributed by atoms with E-state index in [9.17, 15) is 17.6 Å². The van der Waals surface area contributed by atoms with Gasteiger partial charge in [-0.2, -0.15) is 0 Å². The molecule has 0 saturated carbocycles. The second-order valence-electron chi connectivity index (χ2n) is 7.47. The van der Waals surface area contributed by atoms with Crippen LogP contribution in [0.25, 0.3) is 0 Å². The van der Waals surface area contributed by atoms with Crippen molar-refractivity contribution in [2.24, 2.45) is 0 Å². The maximum absolute atomic E-state index is 13.9. The molecular formula is C25H27FN2O4S2. The number of ether oxygens (including phenoxy) is 1. The van der Waals surface area contributed by atoms with Gasteiger partial charge in [0.2, 0.25) is 5.91 Å². The lowest BCUT2D eigenvalue weighted by atomic mass is 10.1. The summed E-state index contributed by atoms with van der Waals surface area (Å²) in [6.45, 7) is -0.0804. The Morgan fingerprint density at radius 2 is 1.76 bits per heavy atom. The van der Waals surface area contributed by atoms with Crippen molar-refractivity contribution < 1.29 is 22.3 Å². The monoisotopic (exact) mass is 502 g/mol. The highest BCUT2D eigenvalue weighted by atomic mass is 32.2. The number of carbonyl (C=O) groups excluding carboxylic acids is 1. The molecular weight excluding hydrogens is 475 g/mol. The minimum absolute atomic E-state index is 0.0295. The predicted octanol–water partition coefficient (Wildman–Crippen LogP) is 4.50. The number of sulfonamides is 1. The average molecular weight is 503 g/mol. The standard InChI is InChI=1S/C25H27FN2O4S2/c1-32-22-10-8-19(9-11-22)5-4-16-27-25(29)18-28(21-7-3-6-20(26)17-21)34(30,31)24-14-12-23(33-2)13-15-24/h3,6-15,17H,4-5,16,18H2,1-2H3,(H,27,29). The number of rotatable bonds is 11. The van der Waals surface area contributed by atoms with Crippen LogP contribution < -0.4 is 14.4 Å². The minimum atomic E-state index is -4.09. The molecule has 0 bridgehead atoms. The minimum Gasteiger partial charge on any atom is -0.497 e. The summed E-state index contributed by atoms with van der Waals surface area (Å²) >= 11 is 1.49. The number of methoxy groups -OCH3 is 1. The number of anilines is 1. The Balaban J connectivity index is 1.69. The van der Waals surface area contributed by atoms with E-state index >= 15 is 0 Å². The number of aryl methyl sites for hydroxylation is 1. The van der Waals surface area contributed by atoms with Crippen molar-refractivity contribution in [3.8, 4) is 5.75 Å². The SMILES string of the molecule is COc1ccc(CCCNC(=O)CN(c2cccc(F)c2)S(=O)(=O)c2ccc(SC)cc2)cc1. The van der Waals surface area contributed by atoms with E-state index in [-0.39, 0.29) is 10.6 Å². The van der Waals surface area contributed by atoms with Crippen molar-refractivity contribution in [1.29, 1.82) is 0 Å². The normalized spacial score (nSPS) is 11.1. The summed E-state index contributed by atoms with van der Waals surface area (Å²) in [6, 6.07) is 19.2. The van der Waals surface area contributed by atoms with Gasteiger partial charge in [-0.15, -0.1) is 11.8 Å². The number of amides is 1. The molecule has 180 valence electrons. The van der Waals surface area contributed by atoms with Crippen LogP contribution in [0.5, 0.6) is 5.75 Å². The van der Waals surface area contributed by atoms with Gasteiger partial charge in [-0.3, -0.25) is 9.10 Å². The van der Waals surface area contributed by atoms with Gasteiger partial charge < -0.3 is 10.1 Å². The van der Waals surface area contributed by atoms with Gasteiger partial charge in [-0.25, -0.2) is 12.8 Å². The molecule has 0 fully saturated rings. The lowest BCUT2D eigenvalue weighted by Crippen LogP contribution is -2.41. The molecule has 0 heterocycles. The molecule has 0 saturated heterocycles. The van der Waals surface area contributed by atoms with Gasteiger partial charge in [0.15, 0.2) is 0 Å². The summed E-state index contributed by atoms with van der Waals surface area (Å²) in [7, 11) is -2.48. The second kappa shape index (κ2) is 11.9. The molecule has 1 N–H and O–H groups in total. The van der Waals surface area contributed by atoms with Gasteiger partial charge in [0.05, 0.1) is 17.7 Å². The van der Waals surface area contributed by atoms with E-state index in [0.29, 0.717) is 13.0 Å². The first-order valence-corrected chi connectivity index (χ1v) is 13.3. The first-order valence-electron chi connectivity index (χ1n) is 10.7. The summed E-state index contributed by atoms with van der Waals surface area (Å²) in [5.41, 5.74) is 1.19. The van der Waals surface area contributed by atoms with Crippen molar-refractivity contribution in [3.63, 3.8) is 0 Å². The third kappa shape index (κ3) is 6.74. The number of halogens is 1. The number of hydrogen-bond donors (Lipinski definition) is 1. The van der Waals surface area contributed by atoms with Crippen molar-refractivity contribution in [3.05, 3.63) is 84.2 Å². The first-order chi connectivity index (χ1) is 16.3. The fourth-order valence-corrected chi connectivity index (χ4v) is 5.14. The number of nitrogens with one attached hydrogen (secondary N) is 1. The molecule has 0 atom stereocenters. The molecule has 0 spiro atoms. The fourth-order valence-electron chi connectivity index (χ4n) is 3.32. The maximum Gasteiger partial charge on any atom is 0.264 e. The van der Waals surface area contributed by atoms with Crippen molar-refractivity contribution >= 4 is 33.4 Å². The average Bonchev–Trinajstić information content (AvgIpc) is 2.85. The van der Waals surface area contributed by atoms with Crippen LogP contribution in [0, 0.1) is 5.82 Å². The van der Waals surface area contributed by atoms with E-state index in [4.69, 9.17) is 4.74 Å². The van der Waals surface area contributed by atoms with Crippen LogP contribution >= 0.6 is 11.8 Å². The Morgan fingerprint density at radius 1 is 1.06 bits per heavy atom. The van der Waals surface area contributed by atoms with E-state index in [2.05, 4.69) is 5.32 Å². The fraction of sp³-hybridized carbons (Fsp3) is 0.240. The molecule has 3 aromatic rings. The van der Waals surface area contributed by atoms with Gasteiger partial charge in [0, 0.05) is 11.4 Å². The molecule has 9 heteroatoms.